The highest BCUT2D eigenvalue weighted by Crippen LogP contribution is 2.44. The standard InChI is InChI=1S/C27H32N2O6/c1-17(13-24(30)31)11-12-28-25(32)27(2)16-34-15-23(27)29-26(33)35-14-22-20-9-5-3-7-18(20)19-8-4-6-10-21(19)22/h3-10,17,22-23H,11-16H2,1-2H3,(H,28,32)(H,29,33)(H,30,31). The Morgan fingerprint density at radius 3 is 2.37 bits per heavy atom. The Morgan fingerprint density at radius 2 is 1.74 bits per heavy atom. The van der Waals surface area contributed by atoms with Crippen LogP contribution in [0.4, 0.5) is 4.79 Å². The zero-order valence-electron chi connectivity index (χ0n) is 20.1. The van der Waals surface area contributed by atoms with E-state index in [9.17, 15) is 14.4 Å². The van der Waals surface area contributed by atoms with Crippen molar-refractivity contribution < 1.29 is 29.0 Å². The first-order chi connectivity index (χ1) is 16.8. The van der Waals surface area contributed by atoms with Crippen molar-refractivity contribution in [2.75, 3.05) is 26.4 Å². The van der Waals surface area contributed by atoms with E-state index in [0.29, 0.717) is 13.0 Å². The van der Waals surface area contributed by atoms with Crippen LogP contribution in [-0.2, 0) is 19.1 Å². The number of alkyl carbamates (subject to hydrolysis) is 1. The molecular formula is C27H32N2O6. The summed E-state index contributed by atoms with van der Waals surface area (Å²) < 4.78 is 11.2. The molecule has 1 aliphatic heterocycles. The summed E-state index contributed by atoms with van der Waals surface area (Å²) in [4.78, 5) is 36.4. The summed E-state index contributed by atoms with van der Waals surface area (Å²) in [5.74, 6) is -1.18. The number of carboxylic acid groups (broad SMARTS) is 1. The Hall–Kier alpha value is -3.39. The van der Waals surface area contributed by atoms with Gasteiger partial charge in [0.25, 0.3) is 0 Å². The number of hydrogen-bond donors (Lipinski definition) is 3. The first-order valence-corrected chi connectivity index (χ1v) is 12.0. The smallest absolute Gasteiger partial charge is 0.407 e. The van der Waals surface area contributed by atoms with Crippen molar-refractivity contribution in [2.24, 2.45) is 11.3 Å². The van der Waals surface area contributed by atoms with E-state index in [1.807, 2.05) is 31.2 Å². The molecule has 3 unspecified atom stereocenters. The third-order valence-electron chi connectivity index (χ3n) is 7.06. The molecule has 8 heteroatoms. The summed E-state index contributed by atoms with van der Waals surface area (Å²) in [6.45, 7) is 4.53. The van der Waals surface area contributed by atoms with E-state index in [0.717, 1.165) is 22.3 Å². The molecule has 0 radical (unpaired) electrons. The van der Waals surface area contributed by atoms with Gasteiger partial charge in [0.2, 0.25) is 5.91 Å². The summed E-state index contributed by atoms with van der Waals surface area (Å²) in [5.41, 5.74) is 3.63. The van der Waals surface area contributed by atoms with Gasteiger partial charge in [-0.1, -0.05) is 55.5 Å². The summed E-state index contributed by atoms with van der Waals surface area (Å²) in [7, 11) is 0. The van der Waals surface area contributed by atoms with Crippen LogP contribution in [-0.4, -0.2) is 55.5 Å². The van der Waals surface area contributed by atoms with Crippen molar-refractivity contribution in [3.8, 4) is 11.1 Å². The summed E-state index contributed by atoms with van der Waals surface area (Å²) >= 11 is 0. The summed E-state index contributed by atoms with van der Waals surface area (Å²) in [6.07, 6.45) is 0.0262. The SMILES string of the molecule is CC(CCNC(=O)C1(C)COCC1NC(=O)OCC1c2ccccc2-c2ccccc21)CC(=O)O. The van der Waals surface area contributed by atoms with Crippen molar-refractivity contribution in [3.05, 3.63) is 59.7 Å². The predicted octanol–water partition coefficient (Wildman–Crippen LogP) is 3.55. The van der Waals surface area contributed by atoms with Crippen LogP contribution in [0.2, 0.25) is 0 Å². The lowest BCUT2D eigenvalue weighted by atomic mass is 9.84. The fourth-order valence-corrected chi connectivity index (χ4v) is 4.91. The average molecular weight is 481 g/mol. The van der Waals surface area contributed by atoms with Gasteiger partial charge in [0, 0.05) is 18.9 Å². The quantitative estimate of drug-likeness (QED) is 0.506. The number of carbonyl (C=O) groups is 3. The second-order valence-corrected chi connectivity index (χ2v) is 9.70. The number of nitrogens with one attached hydrogen (secondary N) is 2. The van der Waals surface area contributed by atoms with Crippen LogP contribution in [0.1, 0.15) is 43.7 Å². The second kappa shape index (κ2) is 10.5. The molecule has 2 aromatic rings. The van der Waals surface area contributed by atoms with Gasteiger partial charge < -0.3 is 25.2 Å². The van der Waals surface area contributed by atoms with Crippen LogP contribution in [0.5, 0.6) is 0 Å². The first kappa shape index (κ1) is 24.7. The first-order valence-electron chi connectivity index (χ1n) is 12.0. The lowest BCUT2D eigenvalue weighted by Crippen LogP contribution is -2.53. The molecule has 1 aliphatic carbocycles. The molecule has 1 heterocycles. The van der Waals surface area contributed by atoms with Gasteiger partial charge in [0.05, 0.1) is 24.7 Å². The molecular weight excluding hydrogens is 448 g/mol. The van der Waals surface area contributed by atoms with Crippen molar-refractivity contribution >= 4 is 18.0 Å². The molecule has 2 aliphatic rings. The highest BCUT2D eigenvalue weighted by atomic mass is 16.5. The zero-order valence-corrected chi connectivity index (χ0v) is 20.1. The van der Waals surface area contributed by atoms with E-state index in [1.165, 1.54) is 0 Å². The fraction of sp³-hybridized carbons (Fsp3) is 0.444. The maximum absolute atomic E-state index is 12.9. The number of carboxylic acids is 1. The normalized spacial score (nSPS) is 21.6. The Balaban J connectivity index is 1.32. The van der Waals surface area contributed by atoms with E-state index in [1.54, 1.807) is 6.92 Å². The number of hydrogen-bond acceptors (Lipinski definition) is 5. The minimum Gasteiger partial charge on any atom is -0.481 e. The van der Waals surface area contributed by atoms with Crippen molar-refractivity contribution in [3.63, 3.8) is 0 Å². The number of rotatable bonds is 9. The van der Waals surface area contributed by atoms with Crippen LogP contribution < -0.4 is 10.6 Å². The maximum Gasteiger partial charge on any atom is 0.407 e. The highest BCUT2D eigenvalue weighted by molar-refractivity contribution is 5.84. The maximum atomic E-state index is 12.9. The second-order valence-electron chi connectivity index (χ2n) is 9.70. The summed E-state index contributed by atoms with van der Waals surface area (Å²) in [5, 5.41) is 14.6. The minimum atomic E-state index is -0.943. The van der Waals surface area contributed by atoms with Crippen molar-refractivity contribution in [1.82, 2.24) is 10.6 Å². The van der Waals surface area contributed by atoms with Crippen LogP contribution in [0.3, 0.4) is 0 Å². The molecule has 186 valence electrons. The van der Waals surface area contributed by atoms with Gasteiger partial charge >= 0.3 is 12.1 Å². The van der Waals surface area contributed by atoms with Crippen LogP contribution in [0.15, 0.2) is 48.5 Å². The molecule has 35 heavy (non-hydrogen) atoms. The molecule has 2 aromatic carbocycles. The minimum absolute atomic E-state index is 0.0459. The van der Waals surface area contributed by atoms with E-state index >= 15 is 0 Å². The molecule has 3 N–H and O–H groups in total. The average Bonchev–Trinajstić information content (AvgIpc) is 3.35. The molecule has 1 fully saturated rings. The van der Waals surface area contributed by atoms with E-state index < -0.39 is 23.5 Å². The molecule has 8 nitrogen and oxygen atoms in total. The monoisotopic (exact) mass is 480 g/mol. The van der Waals surface area contributed by atoms with Gasteiger partial charge in [-0.05, 0) is 41.5 Å². The largest absolute Gasteiger partial charge is 0.481 e. The van der Waals surface area contributed by atoms with Crippen molar-refractivity contribution in [2.45, 2.75) is 38.6 Å². The van der Waals surface area contributed by atoms with Crippen molar-refractivity contribution in [1.29, 1.82) is 0 Å². The topological polar surface area (TPSA) is 114 Å². The Labute approximate surface area is 205 Å². The lowest BCUT2D eigenvalue weighted by molar-refractivity contribution is -0.138. The molecule has 0 saturated carbocycles. The van der Waals surface area contributed by atoms with Gasteiger partial charge in [-0.2, -0.15) is 0 Å². The molecule has 0 bridgehead atoms. The third-order valence-corrected chi connectivity index (χ3v) is 7.06. The van der Waals surface area contributed by atoms with Gasteiger partial charge in [-0.3, -0.25) is 9.59 Å². The van der Waals surface area contributed by atoms with E-state index in [2.05, 4.69) is 34.9 Å². The molecule has 2 amide bonds. The molecule has 0 aromatic heterocycles. The number of carbonyl (C=O) groups excluding carboxylic acids is 2. The molecule has 1 saturated heterocycles. The van der Waals surface area contributed by atoms with Crippen LogP contribution >= 0.6 is 0 Å². The molecule has 3 atom stereocenters. The van der Waals surface area contributed by atoms with Gasteiger partial charge in [0.15, 0.2) is 0 Å². The van der Waals surface area contributed by atoms with E-state index in [4.69, 9.17) is 14.6 Å². The van der Waals surface area contributed by atoms with Crippen LogP contribution in [0.25, 0.3) is 11.1 Å². The number of fused-ring (bicyclic) bond motifs is 3. The predicted molar refractivity (Wildman–Crippen MR) is 130 cm³/mol. The Kier molecular flexibility index (Phi) is 7.40. The lowest BCUT2D eigenvalue weighted by Gasteiger charge is -2.29. The van der Waals surface area contributed by atoms with Gasteiger partial charge in [-0.25, -0.2) is 4.79 Å². The Bertz CT molecular complexity index is 1060. The van der Waals surface area contributed by atoms with E-state index in [-0.39, 0.29) is 44.0 Å². The number of amides is 2. The fourth-order valence-electron chi connectivity index (χ4n) is 4.91. The Morgan fingerprint density at radius 1 is 1.11 bits per heavy atom. The number of ether oxygens (including phenoxy) is 2. The molecule has 0 spiro atoms. The summed E-state index contributed by atoms with van der Waals surface area (Å²) in [6, 6.07) is 15.7. The number of benzene rings is 2. The number of aliphatic carboxylic acids is 1. The van der Waals surface area contributed by atoms with Crippen LogP contribution in [0, 0.1) is 11.3 Å². The van der Waals surface area contributed by atoms with Gasteiger partial charge in [0.1, 0.15) is 6.61 Å². The molecule has 4 rings (SSSR count). The highest BCUT2D eigenvalue weighted by Gasteiger charge is 2.47. The van der Waals surface area contributed by atoms with Gasteiger partial charge in [-0.15, -0.1) is 0 Å². The third kappa shape index (κ3) is 5.32. The zero-order chi connectivity index (χ0) is 25.0.